The lowest BCUT2D eigenvalue weighted by atomic mass is 10.2. The van der Waals surface area contributed by atoms with E-state index >= 15 is 0 Å². The zero-order valence-corrected chi connectivity index (χ0v) is 13.8. The van der Waals surface area contributed by atoms with E-state index in [4.69, 9.17) is 14.2 Å². The van der Waals surface area contributed by atoms with Crippen LogP contribution in [0.1, 0.15) is 10.5 Å². The number of rotatable bonds is 8. The molecular weight excluding hydrogens is 312 g/mol. The van der Waals surface area contributed by atoms with Crippen molar-refractivity contribution in [2.75, 3.05) is 45.1 Å². The van der Waals surface area contributed by atoms with Crippen LogP contribution >= 0.6 is 0 Å². The summed E-state index contributed by atoms with van der Waals surface area (Å²) in [4.78, 5) is 12.3. The third-order valence-electron chi connectivity index (χ3n) is 3.16. The Morgan fingerprint density at radius 2 is 1.92 bits per heavy atom. The van der Waals surface area contributed by atoms with Crippen molar-refractivity contribution in [3.8, 4) is 11.5 Å². The predicted octanol–water partition coefficient (Wildman–Crippen LogP) is 1.80. The van der Waals surface area contributed by atoms with Crippen LogP contribution in [0.3, 0.4) is 0 Å². The van der Waals surface area contributed by atoms with E-state index in [9.17, 15) is 4.79 Å². The Hall–Kier alpha value is -2.87. The standard InChI is InChI=1S/C16H20N4O4/c1-22-9-8-17-15-7-5-12(19-20-15)16(21)18-13-10-11(23-2)4-6-14(13)24-3/h4-7,10H,8-9H2,1-3H3,(H,17,20)(H,18,21). The number of hydrogen-bond acceptors (Lipinski definition) is 7. The molecule has 0 aliphatic carbocycles. The molecule has 8 heteroatoms. The molecule has 0 saturated heterocycles. The fraction of sp³-hybridized carbons (Fsp3) is 0.312. The third-order valence-corrected chi connectivity index (χ3v) is 3.16. The molecule has 1 heterocycles. The van der Waals surface area contributed by atoms with Gasteiger partial charge in [0.2, 0.25) is 0 Å². The maximum atomic E-state index is 12.3. The lowest BCUT2D eigenvalue weighted by Gasteiger charge is -2.11. The molecule has 0 radical (unpaired) electrons. The van der Waals surface area contributed by atoms with Crippen LogP contribution in [-0.2, 0) is 4.74 Å². The summed E-state index contributed by atoms with van der Waals surface area (Å²) >= 11 is 0. The Balaban J connectivity index is 2.06. The minimum atomic E-state index is -0.391. The van der Waals surface area contributed by atoms with Crippen LogP contribution < -0.4 is 20.1 Å². The largest absolute Gasteiger partial charge is 0.497 e. The number of benzene rings is 1. The van der Waals surface area contributed by atoms with Crippen molar-refractivity contribution in [3.05, 3.63) is 36.0 Å². The first-order valence-electron chi connectivity index (χ1n) is 7.28. The third kappa shape index (κ3) is 4.56. The molecule has 0 fully saturated rings. The maximum Gasteiger partial charge on any atom is 0.276 e. The Kier molecular flexibility index (Phi) is 6.32. The highest BCUT2D eigenvalue weighted by Gasteiger charge is 2.12. The number of carbonyl (C=O) groups is 1. The number of hydrogen-bond donors (Lipinski definition) is 2. The van der Waals surface area contributed by atoms with Crippen molar-refractivity contribution in [3.63, 3.8) is 0 Å². The lowest BCUT2D eigenvalue weighted by molar-refractivity contribution is 0.102. The first-order valence-corrected chi connectivity index (χ1v) is 7.28. The van der Waals surface area contributed by atoms with E-state index in [1.807, 2.05) is 0 Å². The van der Waals surface area contributed by atoms with Crippen LogP contribution in [-0.4, -0.2) is 50.6 Å². The summed E-state index contributed by atoms with van der Waals surface area (Å²) in [6.07, 6.45) is 0. The van der Waals surface area contributed by atoms with Crippen LogP contribution in [0, 0.1) is 0 Å². The number of nitrogens with zero attached hydrogens (tertiary/aromatic N) is 2. The number of aromatic nitrogens is 2. The van der Waals surface area contributed by atoms with Crippen molar-refractivity contribution < 1.29 is 19.0 Å². The highest BCUT2D eigenvalue weighted by Crippen LogP contribution is 2.29. The molecule has 0 unspecified atom stereocenters. The Bertz CT molecular complexity index is 676. The van der Waals surface area contributed by atoms with E-state index in [-0.39, 0.29) is 5.69 Å². The molecule has 2 N–H and O–H groups in total. The molecule has 1 aromatic carbocycles. The van der Waals surface area contributed by atoms with Gasteiger partial charge in [-0.2, -0.15) is 0 Å². The van der Waals surface area contributed by atoms with Gasteiger partial charge in [-0.25, -0.2) is 0 Å². The molecule has 2 rings (SSSR count). The molecule has 2 aromatic rings. The highest BCUT2D eigenvalue weighted by molar-refractivity contribution is 6.03. The number of nitrogens with one attached hydrogen (secondary N) is 2. The van der Waals surface area contributed by atoms with Gasteiger partial charge in [0.15, 0.2) is 5.69 Å². The number of methoxy groups -OCH3 is 3. The first kappa shape index (κ1) is 17.5. The highest BCUT2D eigenvalue weighted by atomic mass is 16.5. The average molecular weight is 332 g/mol. The van der Waals surface area contributed by atoms with E-state index in [0.29, 0.717) is 36.2 Å². The van der Waals surface area contributed by atoms with E-state index in [1.165, 1.54) is 7.11 Å². The van der Waals surface area contributed by atoms with Crippen molar-refractivity contribution in [1.82, 2.24) is 10.2 Å². The summed E-state index contributed by atoms with van der Waals surface area (Å²) < 4.78 is 15.3. The molecule has 1 amide bonds. The summed E-state index contributed by atoms with van der Waals surface area (Å²) in [7, 11) is 4.69. The topological polar surface area (TPSA) is 94.6 Å². The molecule has 0 aliphatic heterocycles. The Morgan fingerprint density at radius 3 is 2.54 bits per heavy atom. The molecule has 24 heavy (non-hydrogen) atoms. The van der Waals surface area contributed by atoms with Gasteiger partial charge in [0.05, 0.1) is 26.5 Å². The van der Waals surface area contributed by atoms with E-state index < -0.39 is 5.91 Å². The van der Waals surface area contributed by atoms with Gasteiger partial charge in [0.25, 0.3) is 5.91 Å². The monoisotopic (exact) mass is 332 g/mol. The summed E-state index contributed by atoms with van der Waals surface area (Å²) in [5, 5.41) is 13.6. The predicted molar refractivity (Wildman–Crippen MR) is 89.9 cm³/mol. The molecule has 0 bridgehead atoms. The van der Waals surface area contributed by atoms with Gasteiger partial charge in [-0.3, -0.25) is 4.79 Å². The van der Waals surface area contributed by atoms with E-state index in [0.717, 1.165) is 0 Å². The fourth-order valence-corrected chi connectivity index (χ4v) is 1.93. The second kappa shape index (κ2) is 8.68. The molecule has 8 nitrogen and oxygen atoms in total. The fourth-order valence-electron chi connectivity index (χ4n) is 1.93. The van der Waals surface area contributed by atoms with Crippen LogP contribution in [0.4, 0.5) is 11.5 Å². The number of anilines is 2. The smallest absolute Gasteiger partial charge is 0.276 e. The molecule has 0 saturated carbocycles. The summed E-state index contributed by atoms with van der Waals surface area (Å²) in [6.45, 7) is 1.16. The number of carbonyl (C=O) groups excluding carboxylic acids is 1. The lowest BCUT2D eigenvalue weighted by Crippen LogP contribution is -2.16. The average Bonchev–Trinajstić information content (AvgIpc) is 2.62. The van der Waals surface area contributed by atoms with Gasteiger partial charge in [0.1, 0.15) is 17.3 Å². The van der Waals surface area contributed by atoms with E-state index in [1.54, 1.807) is 44.6 Å². The normalized spacial score (nSPS) is 10.1. The van der Waals surface area contributed by atoms with Gasteiger partial charge in [-0.15, -0.1) is 10.2 Å². The van der Waals surface area contributed by atoms with Gasteiger partial charge in [-0.1, -0.05) is 0 Å². The van der Waals surface area contributed by atoms with Gasteiger partial charge in [-0.05, 0) is 24.3 Å². The van der Waals surface area contributed by atoms with Gasteiger partial charge >= 0.3 is 0 Å². The van der Waals surface area contributed by atoms with E-state index in [2.05, 4.69) is 20.8 Å². The van der Waals surface area contributed by atoms with Crippen LogP contribution in [0.2, 0.25) is 0 Å². The molecule has 0 aliphatic rings. The van der Waals surface area contributed by atoms with Gasteiger partial charge in [0, 0.05) is 19.7 Å². The molecule has 0 spiro atoms. The summed E-state index contributed by atoms with van der Waals surface area (Å²) in [6, 6.07) is 8.40. The summed E-state index contributed by atoms with van der Waals surface area (Å²) in [5.74, 6) is 1.31. The first-order chi connectivity index (χ1) is 11.7. The van der Waals surface area contributed by atoms with Crippen LogP contribution in [0.5, 0.6) is 11.5 Å². The second-order valence-corrected chi connectivity index (χ2v) is 4.74. The van der Waals surface area contributed by atoms with Crippen molar-refractivity contribution in [2.24, 2.45) is 0 Å². The minimum absolute atomic E-state index is 0.192. The van der Waals surface area contributed by atoms with Crippen molar-refractivity contribution >= 4 is 17.4 Å². The second-order valence-electron chi connectivity index (χ2n) is 4.74. The van der Waals surface area contributed by atoms with Gasteiger partial charge < -0.3 is 24.8 Å². The van der Waals surface area contributed by atoms with Crippen molar-refractivity contribution in [1.29, 1.82) is 0 Å². The van der Waals surface area contributed by atoms with Crippen LogP contribution in [0.25, 0.3) is 0 Å². The zero-order valence-electron chi connectivity index (χ0n) is 13.8. The minimum Gasteiger partial charge on any atom is -0.497 e. The zero-order chi connectivity index (χ0) is 17.4. The molecule has 128 valence electrons. The molecular formula is C16H20N4O4. The van der Waals surface area contributed by atoms with Crippen LogP contribution in [0.15, 0.2) is 30.3 Å². The Labute approximate surface area is 140 Å². The van der Waals surface area contributed by atoms with Crippen molar-refractivity contribution in [2.45, 2.75) is 0 Å². The SMILES string of the molecule is COCCNc1ccc(C(=O)Nc2cc(OC)ccc2OC)nn1. The quantitative estimate of drug-likeness (QED) is 0.712. The summed E-state index contributed by atoms with van der Waals surface area (Å²) in [5.41, 5.74) is 0.683. The number of amides is 1. The maximum absolute atomic E-state index is 12.3. The number of ether oxygens (including phenoxy) is 3. The molecule has 0 atom stereocenters. The molecule has 1 aromatic heterocycles. The Morgan fingerprint density at radius 1 is 1.08 bits per heavy atom.